The fraction of sp³-hybridized carbons (Fsp3) is 0. The molecular formula is C26H18BrN3O4. The highest BCUT2D eigenvalue weighted by Gasteiger charge is 2.10. The molecule has 0 atom stereocenters. The third kappa shape index (κ3) is 5.54. The van der Waals surface area contributed by atoms with Crippen LogP contribution in [0.4, 0.5) is 5.69 Å². The van der Waals surface area contributed by atoms with Crippen LogP contribution in [0.3, 0.4) is 0 Å². The van der Waals surface area contributed by atoms with Gasteiger partial charge in [-0.25, -0.2) is 0 Å². The smallest absolute Gasteiger partial charge is 0.269 e. The normalized spacial score (nSPS) is 13.1. The van der Waals surface area contributed by atoms with Gasteiger partial charge in [0, 0.05) is 52.9 Å². The van der Waals surface area contributed by atoms with Gasteiger partial charge in [0.25, 0.3) is 5.69 Å². The summed E-state index contributed by atoms with van der Waals surface area (Å²) in [5.74, 6) is -0.362. The quantitative estimate of drug-likeness (QED) is 0.171. The lowest BCUT2D eigenvalue weighted by Gasteiger charge is -2.20. The molecule has 3 aromatic rings. The van der Waals surface area contributed by atoms with Crippen molar-refractivity contribution in [1.82, 2.24) is 4.90 Å². The lowest BCUT2D eigenvalue weighted by atomic mass is 10.1. The van der Waals surface area contributed by atoms with E-state index in [0.29, 0.717) is 11.1 Å². The zero-order chi connectivity index (χ0) is 24.1. The maximum Gasteiger partial charge on any atom is 0.269 e. The van der Waals surface area contributed by atoms with Crippen molar-refractivity contribution in [3.05, 3.63) is 141 Å². The van der Waals surface area contributed by atoms with E-state index < -0.39 is 4.92 Å². The van der Waals surface area contributed by atoms with Crippen LogP contribution in [-0.2, 0) is 0 Å². The number of halogens is 1. The van der Waals surface area contributed by atoms with Crippen molar-refractivity contribution in [2.45, 2.75) is 0 Å². The molecule has 0 amide bonds. The summed E-state index contributed by atoms with van der Waals surface area (Å²) in [6.45, 7) is 0. The van der Waals surface area contributed by atoms with Crippen molar-refractivity contribution in [2.75, 3.05) is 0 Å². The number of pyridine rings is 1. The van der Waals surface area contributed by atoms with Gasteiger partial charge in [0.2, 0.25) is 12.0 Å². The number of carbonyl (C=O) groups excluding carboxylic acids is 1. The van der Waals surface area contributed by atoms with Crippen molar-refractivity contribution in [2.24, 2.45) is 0 Å². The lowest BCUT2D eigenvalue weighted by molar-refractivity contribution is -0.505. The molecule has 168 valence electrons. The first-order chi connectivity index (χ1) is 16.4. The van der Waals surface area contributed by atoms with Crippen LogP contribution in [0.5, 0.6) is 0 Å². The number of non-ortho nitro benzene ring substituents is 1. The molecule has 34 heavy (non-hydrogen) atoms. The minimum Gasteiger partial charge on any atom is -0.871 e. The molecule has 0 saturated heterocycles. The molecule has 0 fully saturated rings. The molecule has 7 nitrogen and oxygen atoms in total. The third-order valence-electron chi connectivity index (χ3n) is 5.06. The summed E-state index contributed by atoms with van der Waals surface area (Å²) in [5.41, 5.74) is 1.86. The van der Waals surface area contributed by atoms with E-state index in [1.165, 1.54) is 36.7 Å². The summed E-state index contributed by atoms with van der Waals surface area (Å²) < 4.78 is 2.54. The Bertz CT molecular complexity index is 1420. The van der Waals surface area contributed by atoms with Crippen LogP contribution in [0, 0.1) is 16.3 Å². The Morgan fingerprint density at radius 2 is 1.50 bits per heavy atom. The topological polar surface area (TPSA) is 92.4 Å². The number of nitro groups is 1. The van der Waals surface area contributed by atoms with Crippen LogP contribution < -0.4 is 14.6 Å². The summed E-state index contributed by atoms with van der Waals surface area (Å²) in [6.07, 6.45) is 13.8. The van der Waals surface area contributed by atoms with Gasteiger partial charge in [-0.15, -0.1) is 0 Å². The van der Waals surface area contributed by atoms with Gasteiger partial charge in [-0.05, 0) is 52.8 Å². The van der Waals surface area contributed by atoms with Crippen molar-refractivity contribution < 1.29 is 19.1 Å². The minimum absolute atomic E-state index is 0.0620. The average molecular weight is 516 g/mol. The number of nitrogens with zero attached hydrogens (tertiary/aromatic N) is 3. The molecule has 8 heteroatoms. The van der Waals surface area contributed by atoms with Crippen LogP contribution in [0.1, 0.15) is 15.9 Å². The number of aromatic nitrogens is 1. The van der Waals surface area contributed by atoms with Crippen LogP contribution in [0.25, 0.3) is 11.3 Å². The van der Waals surface area contributed by atoms with E-state index in [1.54, 1.807) is 46.1 Å². The summed E-state index contributed by atoms with van der Waals surface area (Å²) in [4.78, 5) is 24.4. The van der Waals surface area contributed by atoms with E-state index in [2.05, 4.69) is 15.9 Å². The maximum absolute atomic E-state index is 12.4. The molecule has 1 aliphatic heterocycles. The van der Waals surface area contributed by atoms with E-state index in [1.807, 2.05) is 36.4 Å². The predicted octanol–water partition coefficient (Wildman–Crippen LogP) is 3.39. The number of Topliss-reactive ketones (excluding diaryl/α,β-unsaturated/α-hetero) is 1. The lowest BCUT2D eigenvalue weighted by Crippen LogP contribution is -2.22. The van der Waals surface area contributed by atoms with Gasteiger partial charge in [-0.1, -0.05) is 33.8 Å². The van der Waals surface area contributed by atoms with E-state index >= 15 is 0 Å². The Kier molecular flexibility index (Phi) is 6.79. The van der Waals surface area contributed by atoms with Crippen LogP contribution >= 0.6 is 15.9 Å². The second-order valence-electron chi connectivity index (χ2n) is 7.37. The largest absolute Gasteiger partial charge is 0.871 e. The monoisotopic (exact) mass is 515 g/mol. The molecule has 0 saturated carbocycles. The highest BCUT2D eigenvalue weighted by Crippen LogP contribution is 2.17. The Morgan fingerprint density at radius 3 is 2.09 bits per heavy atom. The van der Waals surface area contributed by atoms with Crippen molar-refractivity contribution in [1.29, 1.82) is 0 Å². The van der Waals surface area contributed by atoms with Gasteiger partial charge in [0.1, 0.15) is 0 Å². The molecule has 2 aromatic carbocycles. The fourth-order valence-electron chi connectivity index (χ4n) is 3.21. The average Bonchev–Trinajstić information content (AvgIpc) is 2.85. The number of ketones is 1. The highest BCUT2D eigenvalue weighted by atomic mass is 79.9. The van der Waals surface area contributed by atoms with Crippen LogP contribution in [0.15, 0.2) is 108 Å². The second-order valence-corrected chi connectivity index (χ2v) is 8.28. The number of hydrogen-bond donors (Lipinski definition) is 0. The van der Waals surface area contributed by atoms with Crippen molar-refractivity contribution in [3.8, 4) is 0 Å². The molecule has 0 spiro atoms. The first-order valence-electron chi connectivity index (χ1n) is 10.2. The number of allylic oxidation sites excluding steroid dienone is 2. The van der Waals surface area contributed by atoms with E-state index in [9.17, 15) is 20.0 Å². The second kappa shape index (κ2) is 10.1. The van der Waals surface area contributed by atoms with Gasteiger partial charge in [-0.2, -0.15) is 4.24 Å². The summed E-state index contributed by atoms with van der Waals surface area (Å²) in [5, 5.41) is 24.1. The molecule has 1 aromatic heterocycles. The Hall–Kier alpha value is -4.30. The summed E-state index contributed by atoms with van der Waals surface area (Å²) >= 11 is 3.36. The number of benzene rings is 2. The maximum atomic E-state index is 12.4. The standard InChI is InChI=1S/C26H18BrN3O4/c27-23-5-1-21(2-6-23)25(31)17-28-13-9-19(10-14-28)20-11-15-29(16-12-20)18-26(32)22-3-7-24(8-4-22)30(33)34/h1-18H/b25-17+. The fourth-order valence-corrected chi connectivity index (χ4v) is 3.48. The van der Waals surface area contributed by atoms with Crippen molar-refractivity contribution in [3.63, 3.8) is 0 Å². The zero-order valence-corrected chi connectivity index (χ0v) is 19.3. The van der Waals surface area contributed by atoms with Gasteiger partial charge < -0.3 is 10.0 Å². The first kappa shape index (κ1) is 22.9. The van der Waals surface area contributed by atoms with Crippen molar-refractivity contribution >= 4 is 38.7 Å². The first-order valence-corrected chi connectivity index (χ1v) is 11.0. The van der Waals surface area contributed by atoms with Crippen LogP contribution in [-0.4, -0.2) is 15.6 Å². The van der Waals surface area contributed by atoms with Gasteiger partial charge in [-0.3, -0.25) is 14.9 Å². The molecule has 0 bridgehead atoms. The predicted molar refractivity (Wildman–Crippen MR) is 129 cm³/mol. The third-order valence-corrected chi connectivity index (χ3v) is 5.59. The van der Waals surface area contributed by atoms with Gasteiger partial charge >= 0.3 is 0 Å². The van der Waals surface area contributed by atoms with Gasteiger partial charge in [0.15, 0.2) is 12.4 Å². The van der Waals surface area contributed by atoms with E-state index in [4.69, 9.17) is 0 Å². The molecule has 1 aliphatic rings. The molecule has 0 aliphatic carbocycles. The van der Waals surface area contributed by atoms with E-state index in [0.717, 1.165) is 15.3 Å². The highest BCUT2D eigenvalue weighted by molar-refractivity contribution is 9.10. The molecule has 2 heterocycles. The molecule has 0 radical (unpaired) electrons. The molecule has 0 N–H and O–H groups in total. The number of nitro benzene ring substituents is 1. The zero-order valence-electron chi connectivity index (χ0n) is 17.7. The number of rotatable bonds is 5. The molecular weight excluding hydrogens is 498 g/mol. The SMILES string of the molecule is O=C(C=[n+]1ccc(=C2C=CN(/C=C(/[O-])c3ccc(Br)cc3)C=C2)cc1)c1ccc([N+](=O)[O-])cc1. The Morgan fingerprint density at radius 1 is 0.912 bits per heavy atom. The van der Waals surface area contributed by atoms with Crippen LogP contribution in [0.2, 0.25) is 0 Å². The molecule has 4 rings (SSSR count). The van der Waals surface area contributed by atoms with Gasteiger partial charge in [0.05, 0.1) is 4.92 Å². The minimum atomic E-state index is -0.505. The number of carbonyl (C=O) groups is 1. The summed E-state index contributed by atoms with van der Waals surface area (Å²) in [6, 6.07) is 16.4. The Balaban J connectivity index is 1.48. The molecule has 0 unspecified atom stereocenters. The summed E-state index contributed by atoms with van der Waals surface area (Å²) in [7, 11) is 0. The number of hydrogen-bond acceptors (Lipinski definition) is 5. The Labute approximate surface area is 203 Å². The van der Waals surface area contributed by atoms with E-state index in [-0.39, 0.29) is 17.2 Å².